The number of carboxylic acids is 1. The zero-order valence-corrected chi connectivity index (χ0v) is 10.4. The summed E-state index contributed by atoms with van der Waals surface area (Å²) in [4.78, 5) is 9.61. The van der Waals surface area contributed by atoms with Crippen LogP contribution in [0.5, 0.6) is 0 Å². The second-order valence-electron chi connectivity index (χ2n) is 2.83. The minimum absolute atomic E-state index is 0. The predicted octanol–water partition coefficient (Wildman–Crippen LogP) is 1.63. The fourth-order valence-electron chi connectivity index (χ4n) is 1.33. The number of alkyl halides is 1. The monoisotopic (exact) mass is 277 g/mol. The topological polar surface area (TPSA) is 37.3 Å². The van der Waals surface area contributed by atoms with Gasteiger partial charge >= 0.3 is 5.97 Å². The molecule has 0 amide bonds. The average molecular weight is 277 g/mol. The SMILES string of the molecule is O=C(O)C1(Cl)CCCCC1.[In]. The quantitative estimate of drug-likeness (QED) is 0.740. The molecule has 11 heavy (non-hydrogen) atoms. The molecular formula is C7H11ClInO2. The first-order chi connectivity index (χ1) is 4.65. The Kier molecular flexibility index (Phi) is 4.87. The summed E-state index contributed by atoms with van der Waals surface area (Å²) < 4.78 is 0. The Hall–Kier alpha value is 0.630. The molecule has 0 aromatic carbocycles. The maximum atomic E-state index is 10.5. The number of rotatable bonds is 1. The van der Waals surface area contributed by atoms with E-state index in [1.807, 2.05) is 0 Å². The van der Waals surface area contributed by atoms with Crippen molar-refractivity contribution in [2.75, 3.05) is 0 Å². The van der Waals surface area contributed by atoms with Gasteiger partial charge in [0.15, 0.2) is 0 Å². The molecule has 0 atom stereocenters. The van der Waals surface area contributed by atoms with Crippen molar-refractivity contribution in [3.8, 4) is 0 Å². The maximum absolute atomic E-state index is 10.5. The van der Waals surface area contributed by atoms with Gasteiger partial charge in [-0.3, -0.25) is 4.79 Å². The summed E-state index contributed by atoms with van der Waals surface area (Å²) in [6, 6.07) is 0. The molecule has 0 spiro atoms. The molecule has 1 aliphatic carbocycles. The Morgan fingerprint density at radius 2 is 1.73 bits per heavy atom. The first kappa shape index (κ1) is 11.6. The molecule has 1 N–H and O–H groups in total. The van der Waals surface area contributed by atoms with Gasteiger partial charge in [-0.15, -0.1) is 11.6 Å². The van der Waals surface area contributed by atoms with Crippen molar-refractivity contribution < 1.29 is 9.90 Å². The molecule has 2 nitrogen and oxygen atoms in total. The summed E-state index contributed by atoms with van der Waals surface area (Å²) in [7, 11) is 0. The van der Waals surface area contributed by atoms with Gasteiger partial charge in [-0.2, -0.15) is 0 Å². The maximum Gasteiger partial charge on any atom is 0.324 e. The molecule has 0 saturated heterocycles. The van der Waals surface area contributed by atoms with E-state index in [0.717, 1.165) is 19.3 Å². The van der Waals surface area contributed by atoms with E-state index in [1.54, 1.807) is 0 Å². The van der Waals surface area contributed by atoms with Crippen molar-refractivity contribution >= 4 is 43.4 Å². The third-order valence-corrected chi connectivity index (χ3v) is 2.57. The second-order valence-corrected chi connectivity index (χ2v) is 3.55. The molecule has 1 rings (SSSR count). The third kappa shape index (κ3) is 2.86. The standard InChI is InChI=1S/C7H11ClO2.In/c8-7(6(9)10)4-2-1-3-5-7;/h1-5H2,(H,9,10);. The number of hydrogen-bond donors (Lipinski definition) is 1. The van der Waals surface area contributed by atoms with Crippen molar-refractivity contribution in [3.05, 3.63) is 0 Å². The van der Waals surface area contributed by atoms with Gasteiger partial charge in [-0.1, -0.05) is 19.3 Å². The molecule has 0 bridgehead atoms. The second kappa shape index (κ2) is 4.61. The molecule has 1 fully saturated rings. The summed E-state index contributed by atoms with van der Waals surface area (Å²) in [5.74, 6) is -0.853. The molecule has 0 aromatic rings. The van der Waals surface area contributed by atoms with Gasteiger partial charge in [-0.25, -0.2) is 0 Å². The predicted molar refractivity (Wildman–Crippen MR) is 45.1 cm³/mol. The van der Waals surface area contributed by atoms with Gasteiger partial charge in [0.1, 0.15) is 4.87 Å². The van der Waals surface area contributed by atoms with Gasteiger partial charge in [0.05, 0.1) is 0 Å². The fraction of sp³-hybridized carbons (Fsp3) is 0.857. The summed E-state index contributed by atoms with van der Waals surface area (Å²) in [6.07, 6.45) is 4.29. The smallest absolute Gasteiger partial charge is 0.324 e. The number of hydrogen-bond acceptors (Lipinski definition) is 1. The van der Waals surface area contributed by atoms with E-state index in [9.17, 15) is 4.79 Å². The first-order valence-corrected chi connectivity index (χ1v) is 3.95. The molecule has 1 saturated carbocycles. The van der Waals surface area contributed by atoms with Crippen molar-refractivity contribution in [1.82, 2.24) is 0 Å². The van der Waals surface area contributed by atoms with Crippen molar-refractivity contribution in [1.29, 1.82) is 0 Å². The number of carboxylic acid groups (broad SMARTS) is 1. The summed E-state index contributed by atoms with van der Waals surface area (Å²) >= 11 is 5.81. The van der Waals surface area contributed by atoms with Crippen LogP contribution in [0.2, 0.25) is 0 Å². The normalized spacial score (nSPS) is 21.9. The van der Waals surface area contributed by atoms with Crippen LogP contribution in [0.3, 0.4) is 0 Å². The Morgan fingerprint density at radius 1 is 1.27 bits per heavy atom. The van der Waals surface area contributed by atoms with Crippen LogP contribution in [-0.2, 0) is 4.79 Å². The number of halogens is 1. The minimum Gasteiger partial charge on any atom is -0.480 e. The molecule has 0 unspecified atom stereocenters. The van der Waals surface area contributed by atoms with Crippen molar-refractivity contribution in [2.45, 2.75) is 37.0 Å². The Morgan fingerprint density at radius 3 is 2.00 bits per heavy atom. The molecule has 61 valence electrons. The van der Waals surface area contributed by atoms with Gasteiger partial charge < -0.3 is 5.11 Å². The van der Waals surface area contributed by atoms with Crippen LogP contribution in [0, 0.1) is 0 Å². The van der Waals surface area contributed by atoms with Crippen LogP contribution < -0.4 is 0 Å². The van der Waals surface area contributed by atoms with Gasteiger partial charge in [-0.05, 0) is 12.8 Å². The summed E-state index contributed by atoms with van der Waals surface area (Å²) in [5.41, 5.74) is 0. The van der Waals surface area contributed by atoms with Crippen LogP contribution in [-0.4, -0.2) is 41.8 Å². The van der Waals surface area contributed by atoms with Crippen LogP contribution >= 0.6 is 11.6 Å². The molecule has 0 aliphatic heterocycles. The Bertz CT molecular complexity index is 143. The van der Waals surface area contributed by atoms with Crippen molar-refractivity contribution in [2.24, 2.45) is 0 Å². The molecule has 1 aliphatic rings. The summed E-state index contributed by atoms with van der Waals surface area (Å²) in [5, 5.41) is 8.67. The van der Waals surface area contributed by atoms with Crippen LogP contribution in [0.4, 0.5) is 0 Å². The molecule has 0 aromatic heterocycles. The summed E-state index contributed by atoms with van der Waals surface area (Å²) in [6.45, 7) is 0. The molecular weight excluding hydrogens is 266 g/mol. The third-order valence-electron chi connectivity index (χ3n) is 2.03. The van der Waals surface area contributed by atoms with Gasteiger partial charge in [0, 0.05) is 25.8 Å². The van der Waals surface area contributed by atoms with E-state index < -0.39 is 10.8 Å². The van der Waals surface area contributed by atoms with Crippen LogP contribution in [0.15, 0.2) is 0 Å². The first-order valence-electron chi connectivity index (χ1n) is 3.57. The van der Waals surface area contributed by atoms with E-state index in [0.29, 0.717) is 12.8 Å². The average Bonchev–Trinajstić information content (AvgIpc) is 1.89. The Labute approximate surface area is 90.1 Å². The number of carbonyl (C=O) groups is 1. The van der Waals surface area contributed by atoms with E-state index in [4.69, 9.17) is 16.7 Å². The molecule has 4 heteroatoms. The Balaban J connectivity index is 0.000001000. The number of aliphatic carboxylic acids is 1. The van der Waals surface area contributed by atoms with E-state index in [1.165, 1.54) is 0 Å². The van der Waals surface area contributed by atoms with Gasteiger partial charge in [0.2, 0.25) is 0 Å². The van der Waals surface area contributed by atoms with E-state index in [2.05, 4.69) is 0 Å². The largest absolute Gasteiger partial charge is 0.480 e. The van der Waals surface area contributed by atoms with E-state index >= 15 is 0 Å². The van der Waals surface area contributed by atoms with Crippen LogP contribution in [0.1, 0.15) is 32.1 Å². The van der Waals surface area contributed by atoms with Crippen LogP contribution in [0.25, 0.3) is 0 Å². The zero-order chi connectivity index (χ0) is 7.61. The molecule has 3 radical (unpaired) electrons. The molecule has 0 heterocycles. The minimum atomic E-state index is -0.932. The zero-order valence-electron chi connectivity index (χ0n) is 6.35. The van der Waals surface area contributed by atoms with E-state index in [-0.39, 0.29) is 25.8 Å². The van der Waals surface area contributed by atoms with Gasteiger partial charge in [0.25, 0.3) is 0 Å². The van der Waals surface area contributed by atoms with Crippen molar-refractivity contribution in [3.63, 3.8) is 0 Å². The fourth-order valence-corrected chi connectivity index (χ4v) is 1.59.